The van der Waals surface area contributed by atoms with Gasteiger partial charge in [0, 0.05) is 5.02 Å². The van der Waals surface area contributed by atoms with E-state index >= 15 is 0 Å². The van der Waals surface area contributed by atoms with Gasteiger partial charge in [0.05, 0.1) is 6.54 Å². The number of hydrogen-bond acceptors (Lipinski definition) is 4. The molecule has 1 aromatic heterocycles. The van der Waals surface area contributed by atoms with Crippen LogP contribution in [0.5, 0.6) is 0 Å². The van der Waals surface area contributed by atoms with Crippen molar-refractivity contribution < 1.29 is 0 Å². The van der Waals surface area contributed by atoms with Crippen LogP contribution in [-0.2, 0) is 6.54 Å². The van der Waals surface area contributed by atoms with Gasteiger partial charge in [0.1, 0.15) is 6.07 Å². The van der Waals surface area contributed by atoms with Gasteiger partial charge in [0.2, 0.25) is 5.69 Å². The molecule has 2 rings (SSSR count). The van der Waals surface area contributed by atoms with Gasteiger partial charge >= 0.3 is 0 Å². The zero-order chi connectivity index (χ0) is 11.5. The van der Waals surface area contributed by atoms with Crippen molar-refractivity contribution in [3.63, 3.8) is 0 Å². The summed E-state index contributed by atoms with van der Waals surface area (Å²) in [6, 6.07) is 9.18. The molecule has 0 spiro atoms. The number of hydrogen-bond donors (Lipinski definition) is 1. The van der Waals surface area contributed by atoms with E-state index in [0.29, 0.717) is 11.6 Å². The molecule has 16 heavy (non-hydrogen) atoms. The number of anilines is 1. The molecule has 2 N–H and O–H groups in total. The summed E-state index contributed by atoms with van der Waals surface area (Å²) in [4.78, 5) is 0. The van der Waals surface area contributed by atoms with Crippen molar-refractivity contribution in [3.05, 3.63) is 40.5 Å². The lowest BCUT2D eigenvalue weighted by Crippen LogP contribution is -2.06. The van der Waals surface area contributed by atoms with Crippen LogP contribution in [0.4, 0.5) is 5.82 Å². The Morgan fingerprint density at radius 2 is 2.06 bits per heavy atom. The lowest BCUT2D eigenvalue weighted by Gasteiger charge is -2.02. The summed E-state index contributed by atoms with van der Waals surface area (Å²) in [5, 5.41) is 16.8. The van der Waals surface area contributed by atoms with Crippen LogP contribution in [0.15, 0.2) is 24.3 Å². The van der Waals surface area contributed by atoms with Crippen molar-refractivity contribution in [2.75, 3.05) is 5.73 Å². The van der Waals surface area contributed by atoms with Gasteiger partial charge in [-0.15, -0.1) is 5.10 Å². The summed E-state index contributed by atoms with van der Waals surface area (Å²) in [7, 11) is 0. The first-order chi connectivity index (χ1) is 7.70. The maximum atomic E-state index is 8.67. The van der Waals surface area contributed by atoms with Crippen LogP contribution >= 0.6 is 11.6 Å². The Bertz CT molecular complexity index is 537. The van der Waals surface area contributed by atoms with Crippen molar-refractivity contribution in [2.45, 2.75) is 6.54 Å². The number of nitriles is 1. The highest BCUT2D eigenvalue weighted by Gasteiger charge is 2.08. The Hall–Kier alpha value is -2.06. The summed E-state index contributed by atoms with van der Waals surface area (Å²) in [6.45, 7) is 0.470. The topological polar surface area (TPSA) is 80.5 Å². The molecule has 0 aliphatic carbocycles. The average Bonchev–Trinajstić information content (AvgIpc) is 2.63. The second kappa shape index (κ2) is 4.21. The van der Waals surface area contributed by atoms with Crippen molar-refractivity contribution >= 4 is 17.4 Å². The number of nitrogens with two attached hydrogens (primary N) is 1. The summed E-state index contributed by atoms with van der Waals surface area (Å²) in [5.41, 5.74) is 6.82. The predicted octanol–water partition coefficient (Wildman–Crippen LogP) is 1.43. The molecular formula is C10H8ClN5. The smallest absolute Gasteiger partial charge is 0.206 e. The third-order valence-electron chi connectivity index (χ3n) is 2.12. The molecule has 1 heterocycles. The van der Waals surface area contributed by atoms with Gasteiger partial charge in [-0.3, -0.25) is 0 Å². The second-order valence-electron chi connectivity index (χ2n) is 3.22. The molecule has 6 heteroatoms. The van der Waals surface area contributed by atoms with Crippen LogP contribution in [0.25, 0.3) is 0 Å². The maximum Gasteiger partial charge on any atom is 0.206 e. The van der Waals surface area contributed by atoms with E-state index in [-0.39, 0.29) is 11.5 Å². The Labute approximate surface area is 97.0 Å². The Kier molecular flexibility index (Phi) is 2.75. The van der Waals surface area contributed by atoms with E-state index < -0.39 is 0 Å². The van der Waals surface area contributed by atoms with Crippen LogP contribution < -0.4 is 5.73 Å². The Balaban J connectivity index is 2.24. The van der Waals surface area contributed by atoms with E-state index in [1.54, 1.807) is 12.1 Å². The highest BCUT2D eigenvalue weighted by molar-refractivity contribution is 6.30. The van der Waals surface area contributed by atoms with Crippen LogP contribution in [0.3, 0.4) is 0 Å². The standard InChI is InChI=1S/C10H8ClN5/c11-8-3-1-7(2-4-8)6-16-10(13)9(5-12)14-15-16/h1-4H,6,13H2. The molecule has 0 fully saturated rings. The molecule has 0 bridgehead atoms. The number of nitrogens with zero attached hydrogens (tertiary/aromatic N) is 4. The van der Waals surface area contributed by atoms with E-state index in [0.717, 1.165) is 5.56 Å². The fourth-order valence-electron chi connectivity index (χ4n) is 1.28. The number of nitrogen functional groups attached to an aromatic ring is 1. The quantitative estimate of drug-likeness (QED) is 0.851. The third kappa shape index (κ3) is 1.97. The van der Waals surface area contributed by atoms with Crippen molar-refractivity contribution in [3.8, 4) is 6.07 Å². The molecule has 0 unspecified atom stereocenters. The zero-order valence-corrected chi connectivity index (χ0v) is 9.02. The van der Waals surface area contributed by atoms with Crippen LogP contribution in [0, 0.1) is 11.3 Å². The molecule has 0 saturated carbocycles. The molecule has 0 radical (unpaired) electrons. The first-order valence-electron chi connectivity index (χ1n) is 4.54. The maximum absolute atomic E-state index is 8.67. The molecule has 0 aliphatic rings. The average molecular weight is 234 g/mol. The molecule has 1 aromatic carbocycles. The fourth-order valence-corrected chi connectivity index (χ4v) is 1.41. The fraction of sp³-hybridized carbons (Fsp3) is 0.100. The van der Waals surface area contributed by atoms with E-state index in [9.17, 15) is 0 Å². The van der Waals surface area contributed by atoms with Gasteiger partial charge < -0.3 is 5.73 Å². The van der Waals surface area contributed by atoms with E-state index in [4.69, 9.17) is 22.6 Å². The molecule has 80 valence electrons. The molecule has 5 nitrogen and oxygen atoms in total. The molecule has 0 saturated heterocycles. The van der Waals surface area contributed by atoms with Gasteiger partial charge in [-0.1, -0.05) is 28.9 Å². The normalized spacial score (nSPS) is 10.0. The minimum Gasteiger partial charge on any atom is -0.381 e. The molecular weight excluding hydrogens is 226 g/mol. The second-order valence-corrected chi connectivity index (χ2v) is 3.66. The molecule has 0 aliphatic heterocycles. The van der Waals surface area contributed by atoms with E-state index in [1.807, 2.05) is 18.2 Å². The summed E-state index contributed by atoms with van der Waals surface area (Å²) >= 11 is 5.77. The lowest BCUT2D eigenvalue weighted by molar-refractivity contribution is 0.657. The highest BCUT2D eigenvalue weighted by atomic mass is 35.5. The summed E-state index contributed by atoms with van der Waals surface area (Å²) < 4.78 is 1.47. The van der Waals surface area contributed by atoms with Gasteiger partial charge in [0.15, 0.2) is 5.82 Å². The zero-order valence-electron chi connectivity index (χ0n) is 8.26. The van der Waals surface area contributed by atoms with Crippen molar-refractivity contribution in [1.29, 1.82) is 5.26 Å². The molecule has 0 amide bonds. The molecule has 2 aromatic rings. The summed E-state index contributed by atoms with van der Waals surface area (Å²) in [5.74, 6) is 0.275. The monoisotopic (exact) mass is 233 g/mol. The number of rotatable bonds is 2. The van der Waals surface area contributed by atoms with Crippen LogP contribution in [0.2, 0.25) is 5.02 Å². The van der Waals surface area contributed by atoms with Crippen LogP contribution in [0.1, 0.15) is 11.3 Å². The van der Waals surface area contributed by atoms with Gasteiger partial charge in [0.25, 0.3) is 0 Å². The van der Waals surface area contributed by atoms with Crippen molar-refractivity contribution in [1.82, 2.24) is 15.0 Å². The number of aromatic nitrogens is 3. The summed E-state index contributed by atoms with van der Waals surface area (Å²) in [6.07, 6.45) is 0. The van der Waals surface area contributed by atoms with Gasteiger partial charge in [-0.05, 0) is 17.7 Å². The SMILES string of the molecule is N#Cc1nnn(Cc2ccc(Cl)cc2)c1N. The first-order valence-corrected chi connectivity index (χ1v) is 4.92. The Morgan fingerprint density at radius 3 is 2.62 bits per heavy atom. The largest absolute Gasteiger partial charge is 0.381 e. The number of benzene rings is 1. The lowest BCUT2D eigenvalue weighted by atomic mass is 10.2. The molecule has 0 atom stereocenters. The third-order valence-corrected chi connectivity index (χ3v) is 2.38. The predicted molar refractivity (Wildman–Crippen MR) is 59.7 cm³/mol. The van der Waals surface area contributed by atoms with Crippen molar-refractivity contribution in [2.24, 2.45) is 0 Å². The number of halogens is 1. The van der Waals surface area contributed by atoms with Gasteiger partial charge in [-0.2, -0.15) is 5.26 Å². The Morgan fingerprint density at radius 1 is 1.38 bits per heavy atom. The van der Waals surface area contributed by atoms with E-state index in [1.165, 1.54) is 4.68 Å². The minimum absolute atomic E-state index is 0.147. The first kappa shape index (κ1) is 10.5. The van der Waals surface area contributed by atoms with Gasteiger partial charge in [-0.25, -0.2) is 4.68 Å². The van der Waals surface area contributed by atoms with E-state index in [2.05, 4.69) is 10.3 Å². The van der Waals surface area contributed by atoms with Crippen LogP contribution in [-0.4, -0.2) is 15.0 Å². The minimum atomic E-state index is 0.147. The highest BCUT2D eigenvalue weighted by Crippen LogP contribution is 2.12.